The number of quaternary nitrogens is 1. The molecule has 0 aromatic rings. The summed E-state index contributed by atoms with van der Waals surface area (Å²) in [7, 11) is 12.6. The van der Waals surface area contributed by atoms with Crippen molar-refractivity contribution >= 4 is 0 Å². The first kappa shape index (κ1) is 32.0. The van der Waals surface area contributed by atoms with Crippen LogP contribution in [0.4, 0.5) is 0 Å². The van der Waals surface area contributed by atoms with Gasteiger partial charge in [0.05, 0.1) is 36.6 Å². The molecule has 0 saturated carbocycles. The van der Waals surface area contributed by atoms with Crippen LogP contribution >= 0.6 is 0 Å². The van der Waals surface area contributed by atoms with Gasteiger partial charge in [-0.3, -0.25) is 0 Å². The summed E-state index contributed by atoms with van der Waals surface area (Å²) in [5.74, 6) is 0. The van der Waals surface area contributed by atoms with Crippen LogP contribution in [0.5, 0.6) is 0 Å². The highest BCUT2D eigenvalue weighted by molar-refractivity contribution is 5.23. The normalized spacial score (nSPS) is 18.5. The summed E-state index contributed by atoms with van der Waals surface area (Å²) in [6.07, 6.45) is 11.4. The molecule has 0 aromatic heterocycles. The summed E-state index contributed by atoms with van der Waals surface area (Å²) in [6.45, 7) is 10.2. The van der Waals surface area contributed by atoms with Crippen LogP contribution in [0.25, 0.3) is 0 Å². The van der Waals surface area contributed by atoms with Crippen LogP contribution < -0.4 is 5.32 Å². The van der Waals surface area contributed by atoms with Crippen molar-refractivity contribution in [3.63, 3.8) is 0 Å². The van der Waals surface area contributed by atoms with Crippen LogP contribution in [-0.2, 0) is 23.7 Å². The highest BCUT2D eigenvalue weighted by Gasteiger charge is 2.25. The van der Waals surface area contributed by atoms with E-state index in [1.807, 2.05) is 11.4 Å². The van der Waals surface area contributed by atoms with Crippen LogP contribution in [0.3, 0.4) is 0 Å². The molecule has 0 aliphatic carbocycles. The molecule has 33 heavy (non-hydrogen) atoms. The van der Waals surface area contributed by atoms with Crippen molar-refractivity contribution in [3.8, 4) is 0 Å². The topological polar surface area (TPSA) is 62.8 Å². The second kappa shape index (κ2) is 19.3. The Kier molecular flexibility index (Phi) is 18.7. The average Bonchev–Trinajstić information content (AvgIpc) is 2.82. The monoisotopic (exact) mass is 469 g/mol. The lowest BCUT2D eigenvalue weighted by atomic mass is 9.95. The molecule has 0 heterocycles. The van der Waals surface area contributed by atoms with Crippen LogP contribution in [0.15, 0.2) is 36.0 Å². The second-order valence-electron chi connectivity index (χ2n) is 8.91. The van der Waals surface area contributed by atoms with Crippen molar-refractivity contribution in [2.75, 3.05) is 35.5 Å². The highest BCUT2D eigenvalue weighted by atomic mass is 16.5. The Morgan fingerprint density at radius 3 is 1.70 bits per heavy atom. The predicted octanol–water partition coefficient (Wildman–Crippen LogP) is 4.22. The highest BCUT2D eigenvalue weighted by Crippen LogP contribution is 2.23. The van der Waals surface area contributed by atoms with E-state index in [1.54, 1.807) is 35.5 Å². The standard InChI is InChI=1S/C27H51NO5/c1-11-12-23(29-6)16-24(30-7)17-25(31-8)18-26(32-9)19-27(33-10)21(3)15-20(2)13-14-22(4)28-5/h11,13,15,22-27H,1,5,12,14,16-19,28H2,2-4,6-10H3. The molecule has 6 heteroatoms. The maximum absolute atomic E-state index is 5.83. The predicted molar refractivity (Wildman–Crippen MR) is 136 cm³/mol. The number of nitrogens with two attached hydrogens (primary N) is 1. The third-order valence-corrected chi connectivity index (χ3v) is 6.28. The van der Waals surface area contributed by atoms with Gasteiger partial charge in [0.15, 0.2) is 0 Å². The third kappa shape index (κ3) is 14.1. The van der Waals surface area contributed by atoms with Crippen LogP contribution in [0, 0.1) is 7.05 Å². The van der Waals surface area contributed by atoms with E-state index in [0.717, 1.165) is 38.5 Å². The molecule has 0 fully saturated rings. The number of rotatable bonds is 20. The van der Waals surface area contributed by atoms with Gasteiger partial charge in [0.25, 0.3) is 0 Å². The number of allylic oxidation sites excluding steroid dienone is 2. The molecule has 0 aromatic carbocycles. The van der Waals surface area contributed by atoms with E-state index in [2.05, 4.69) is 46.5 Å². The molecular formula is C27H51NO5. The number of hydrogen-bond donors (Lipinski definition) is 1. The molecular weight excluding hydrogens is 418 g/mol. The van der Waals surface area contributed by atoms with E-state index >= 15 is 0 Å². The van der Waals surface area contributed by atoms with E-state index in [-0.39, 0.29) is 30.5 Å². The van der Waals surface area contributed by atoms with E-state index in [4.69, 9.17) is 23.7 Å². The quantitative estimate of drug-likeness (QED) is 0.164. The summed E-state index contributed by atoms with van der Waals surface area (Å²) >= 11 is 0. The molecule has 6 unspecified atom stereocenters. The first-order valence-electron chi connectivity index (χ1n) is 12.0. The zero-order chi connectivity index (χ0) is 25.2. The van der Waals surface area contributed by atoms with Gasteiger partial charge in [-0.2, -0.15) is 7.05 Å². The summed E-state index contributed by atoms with van der Waals surface area (Å²) in [5, 5.41) is 1.98. The van der Waals surface area contributed by atoms with Gasteiger partial charge in [-0.05, 0) is 45.6 Å². The van der Waals surface area contributed by atoms with E-state index in [0.29, 0.717) is 6.04 Å². The maximum Gasteiger partial charge on any atom is 0.0806 e. The first-order valence-corrected chi connectivity index (χ1v) is 12.0. The van der Waals surface area contributed by atoms with E-state index < -0.39 is 0 Å². The fourth-order valence-corrected chi connectivity index (χ4v) is 3.91. The van der Waals surface area contributed by atoms with Gasteiger partial charge in [-0.15, -0.1) is 6.58 Å². The molecule has 6 nitrogen and oxygen atoms in total. The van der Waals surface area contributed by atoms with Crippen LogP contribution in [-0.4, -0.2) is 72.1 Å². The molecule has 6 atom stereocenters. The molecule has 0 radical (unpaired) electrons. The van der Waals surface area contributed by atoms with Crippen molar-refractivity contribution in [3.05, 3.63) is 43.0 Å². The minimum Gasteiger partial charge on any atom is -0.476 e. The molecule has 0 aliphatic rings. The minimum absolute atomic E-state index is 0.0113. The zero-order valence-corrected chi connectivity index (χ0v) is 22.5. The van der Waals surface area contributed by atoms with Gasteiger partial charge in [0.2, 0.25) is 0 Å². The summed E-state index contributed by atoms with van der Waals surface area (Å²) in [5.41, 5.74) is 2.43. The largest absolute Gasteiger partial charge is 0.476 e. The van der Waals surface area contributed by atoms with E-state index in [9.17, 15) is 0 Å². The van der Waals surface area contributed by atoms with Gasteiger partial charge >= 0.3 is 0 Å². The molecule has 0 bridgehead atoms. The zero-order valence-electron chi connectivity index (χ0n) is 22.5. The fourth-order valence-electron chi connectivity index (χ4n) is 3.91. The van der Waals surface area contributed by atoms with Crippen molar-refractivity contribution in [1.29, 1.82) is 0 Å². The lowest BCUT2D eigenvalue weighted by Crippen LogP contribution is -2.82. The summed E-state index contributed by atoms with van der Waals surface area (Å²) in [6, 6.07) is 0.475. The van der Waals surface area contributed by atoms with Gasteiger partial charge in [0.1, 0.15) is 0 Å². The van der Waals surface area contributed by atoms with Crippen molar-refractivity contribution < 1.29 is 29.0 Å². The van der Waals surface area contributed by atoms with Crippen molar-refractivity contribution in [1.82, 2.24) is 0 Å². The van der Waals surface area contributed by atoms with Crippen molar-refractivity contribution in [2.45, 2.75) is 95.9 Å². The van der Waals surface area contributed by atoms with Gasteiger partial charge in [0, 0.05) is 54.8 Å². The maximum atomic E-state index is 5.83. The fraction of sp³-hybridized carbons (Fsp3) is 0.741. The minimum atomic E-state index is -0.0173. The smallest absolute Gasteiger partial charge is 0.0806 e. The van der Waals surface area contributed by atoms with Gasteiger partial charge < -0.3 is 29.0 Å². The molecule has 0 amide bonds. The van der Waals surface area contributed by atoms with Crippen LogP contribution in [0.2, 0.25) is 0 Å². The Morgan fingerprint density at radius 1 is 0.788 bits per heavy atom. The van der Waals surface area contributed by atoms with Gasteiger partial charge in [-0.25, -0.2) is 0 Å². The summed E-state index contributed by atoms with van der Waals surface area (Å²) < 4.78 is 28.7. The Hall–Kier alpha value is -1.02. The number of hydrogen-bond acceptors (Lipinski definition) is 5. The average molecular weight is 470 g/mol. The Balaban J connectivity index is 5.08. The Morgan fingerprint density at radius 2 is 1.27 bits per heavy atom. The first-order chi connectivity index (χ1) is 15.8. The summed E-state index contributed by atoms with van der Waals surface area (Å²) in [4.78, 5) is 0. The number of methoxy groups -OCH3 is 5. The second-order valence-corrected chi connectivity index (χ2v) is 8.91. The van der Waals surface area contributed by atoms with E-state index in [1.165, 1.54) is 11.1 Å². The molecule has 2 N–H and O–H groups in total. The lowest BCUT2D eigenvalue weighted by Gasteiger charge is -2.28. The molecule has 0 spiro atoms. The molecule has 0 rings (SSSR count). The van der Waals surface area contributed by atoms with Crippen LogP contribution in [0.1, 0.15) is 59.3 Å². The molecule has 0 saturated heterocycles. The number of ether oxygens (including phenoxy) is 5. The van der Waals surface area contributed by atoms with Crippen molar-refractivity contribution in [2.24, 2.45) is 0 Å². The molecule has 0 aliphatic heterocycles. The Bertz CT molecular complexity index is 563. The van der Waals surface area contributed by atoms with Gasteiger partial charge in [-0.1, -0.05) is 23.8 Å². The Labute approximate surface area is 203 Å². The lowest BCUT2D eigenvalue weighted by molar-refractivity contribution is -0.629. The SMILES string of the molecule is C=CCC(CC(CC(CC(CC(OC)C(C)=CC(C)=CCC(C)[NH2+][CH2-])OC)OC)OC)OC. The third-order valence-electron chi connectivity index (χ3n) is 6.28. The molecule has 194 valence electrons.